The van der Waals surface area contributed by atoms with Crippen molar-refractivity contribution in [3.05, 3.63) is 53.6 Å². The molecule has 0 fully saturated rings. The molecule has 0 saturated heterocycles. The second kappa shape index (κ2) is 10.5. The quantitative estimate of drug-likeness (QED) is 0.597. The lowest BCUT2D eigenvalue weighted by atomic mass is 10.0. The molecule has 0 radical (unpaired) electrons. The summed E-state index contributed by atoms with van der Waals surface area (Å²) in [5.74, 6) is 0.815. The van der Waals surface area contributed by atoms with Crippen molar-refractivity contribution in [1.82, 2.24) is 5.32 Å². The summed E-state index contributed by atoms with van der Waals surface area (Å²) < 4.78 is 37.1. The summed E-state index contributed by atoms with van der Waals surface area (Å²) in [4.78, 5) is 13.3. The van der Waals surface area contributed by atoms with Crippen LogP contribution >= 0.6 is 0 Å². The highest BCUT2D eigenvalue weighted by Crippen LogP contribution is 2.31. The van der Waals surface area contributed by atoms with Gasteiger partial charge in [-0.1, -0.05) is 32.0 Å². The Bertz CT molecular complexity index is 1010. The lowest BCUT2D eigenvalue weighted by Crippen LogP contribution is -2.50. The van der Waals surface area contributed by atoms with Gasteiger partial charge in [0.1, 0.15) is 6.04 Å². The molecule has 0 aliphatic heterocycles. The number of nitrogens with one attached hydrogen (secondary N) is 1. The summed E-state index contributed by atoms with van der Waals surface area (Å²) in [6, 6.07) is 11.4. The Labute approximate surface area is 185 Å². The highest BCUT2D eigenvalue weighted by Gasteiger charge is 2.32. The Morgan fingerprint density at radius 2 is 1.71 bits per heavy atom. The third-order valence-electron chi connectivity index (χ3n) is 5.12. The number of hydrogen-bond donors (Lipinski definition) is 1. The fourth-order valence-corrected chi connectivity index (χ4v) is 4.79. The van der Waals surface area contributed by atoms with Crippen LogP contribution in [0.2, 0.25) is 0 Å². The Kier molecular flexibility index (Phi) is 8.33. The van der Waals surface area contributed by atoms with Crippen molar-refractivity contribution in [1.29, 1.82) is 0 Å². The molecule has 0 spiro atoms. The van der Waals surface area contributed by atoms with Crippen LogP contribution in [0.5, 0.6) is 11.5 Å². The van der Waals surface area contributed by atoms with Gasteiger partial charge in [-0.25, -0.2) is 8.42 Å². The monoisotopic (exact) mass is 448 g/mol. The first kappa shape index (κ1) is 24.5. The number of hydrogen-bond acceptors (Lipinski definition) is 5. The van der Waals surface area contributed by atoms with Crippen LogP contribution in [-0.2, 0) is 14.8 Å². The molecule has 170 valence electrons. The van der Waals surface area contributed by atoms with Crippen LogP contribution in [0.4, 0.5) is 5.69 Å². The second-order valence-electron chi connectivity index (χ2n) is 7.41. The van der Waals surface area contributed by atoms with Crippen molar-refractivity contribution >= 4 is 21.6 Å². The molecule has 1 amide bonds. The van der Waals surface area contributed by atoms with Gasteiger partial charge in [-0.3, -0.25) is 9.10 Å². The molecule has 7 nitrogen and oxygen atoms in total. The van der Waals surface area contributed by atoms with Gasteiger partial charge in [0.25, 0.3) is 0 Å². The van der Waals surface area contributed by atoms with Crippen LogP contribution in [0.15, 0.2) is 42.5 Å². The van der Waals surface area contributed by atoms with E-state index in [1.807, 2.05) is 32.0 Å². The predicted molar refractivity (Wildman–Crippen MR) is 123 cm³/mol. The van der Waals surface area contributed by atoms with E-state index in [-0.39, 0.29) is 11.9 Å². The van der Waals surface area contributed by atoms with Gasteiger partial charge in [0.05, 0.1) is 32.2 Å². The maximum Gasteiger partial charge on any atom is 0.244 e. The van der Waals surface area contributed by atoms with Crippen LogP contribution in [0.3, 0.4) is 0 Å². The van der Waals surface area contributed by atoms with Crippen molar-refractivity contribution in [2.45, 2.75) is 45.7 Å². The van der Waals surface area contributed by atoms with Gasteiger partial charge in [-0.05, 0) is 55.2 Å². The molecule has 0 saturated carbocycles. The summed E-state index contributed by atoms with van der Waals surface area (Å²) in [5.41, 5.74) is 2.24. The van der Waals surface area contributed by atoms with Gasteiger partial charge in [-0.2, -0.15) is 0 Å². The SMILES string of the molecule is CC[C@H](C(=O)N[C@H](CC)c1ccc(OC)c(OC)c1)N(c1cccc(C)c1)S(C)(=O)=O. The van der Waals surface area contributed by atoms with Crippen LogP contribution in [-0.4, -0.2) is 40.8 Å². The van der Waals surface area contributed by atoms with Gasteiger partial charge in [0, 0.05) is 0 Å². The van der Waals surface area contributed by atoms with Gasteiger partial charge < -0.3 is 14.8 Å². The van der Waals surface area contributed by atoms with Crippen molar-refractivity contribution in [3.8, 4) is 11.5 Å². The molecule has 31 heavy (non-hydrogen) atoms. The summed E-state index contributed by atoms with van der Waals surface area (Å²) in [6.45, 7) is 5.64. The second-order valence-corrected chi connectivity index (χ2v) is 9.27. The topological polar surface area (TPSA) is 84.9 Å². The first-order valence-electron chi connectivity index (χ1n) is 10.2. The molecule has 0 unspecified atom stereocenters. The van der Waals surface area contributed by atoms with Gasteiger partial charge >= 0.3 is 0 Å². The molecule has 0 aliphatic carbocycles. The first-order valence-corrected chi connectivity index (χ1v) is 12.1. The number of aryl methyl sites for hydroxylation is 1. The average Bonchev–Trinajstić information content (AvgIpc) is 2.73. The number of anilines is 1. The lowest BCUT2D eigenvalue weighted by molar-refractivity contribution is -0.123. The lowest BCUT2D eigenvalue weighted by Gasteiger charge is -2.31. The number of rotatable bonds is 10. The molecule has 0 aromatic heterocycles. The fraction of sp³-hybridized carbons (Fsp3) is 0.435. The zero-order chi connectivity index (χ0) is 23.2. The fourth-order valence-electron chi connectivity index (χ4n) is 3.58. The van der Waals surface area contributed by atoms with E-state index < -0.39 is 16.1 Å². The molecule has 2 rings (SSSR count). The van der Waals surface area contributed by atoms with Crippen molar-refractivity contribution in [3.63, 3.8) is 0 Å². The van der Waals surface area contributed by atoms with E-state index in [4.69, 9.17) is 9.47 Å². The van der Waals surface area contributed by atoms with E-state index in [2.05, 4.69) is 5.32 Å². The highest BCUT2D eigenvalue weighted by atomic mass is 32.2. The first-order chi connectivity index (χ1) is 14.7. The number of carbonyl (C=O) groups excluding carboxylic acids is 1. The maximum atomic E-state index is 13.3. The Morgan fingerprint density at radius 1 is 1.03 bits per heavy atom. The smallest absolute Gasteiger partial charge is 0.244 e. The predicted octanol–water partition coefficient (Wildman–Crippen LogP) is 3.82. The number of ether oxygens (including phenoxy) is 2. The van der Waals surface area contributed by atoms with Crippen LogP contribution in [0.1, 0.15) is 43.9 Å². The summed E-state index contributed by atoms with van der Waals surface area (Å²) >= 11 is 0. The average molecular weight is 449 g/mol. The summed E-state index contributed by atoms with van der Waals surface area (Å²) in [7, 11) is -0.563. The number of amides is 1. The van der Waals surface area contributed by atoms with E-state index in [1.54, 1.807) is 45.4 Å². The van der Waals surface area contributed by atoms with E-state index in [0.29, 0.717) is 30.0 Å². The van der Waals surface area contributed by atoms with E-state index in [1.165, 1.54) is 4.31 Å². The maximum absolute atomic E-state index is 13.3. The van der Waals surface area contributed by atoms with Crippen molar-refractivity contribution < 1.29 is 22.7 Å². The third kappa shape index (κ3) is 5.91. The number of methoxy groups -OCH3 is 2. The van der Waals surface area contributed by atoms with E-state index in [0.717, 1.165) is 17.4 Å². The molecule has 0 bridgehead atoms. The number of nitrogens with zero attached hydrogens (tertiary/aromatic N) is 1. The van der Waals surface area contributed by atoms with Gasteiger partial charge in [0.15, 0.2) is 11.5 Å². The Balaban J connectivity index is 2.37. The van der Waals surface area contributed by atoms with Gasteiger partial charge in [-0.15, -0.1) is 0 Å². The normalized spacial score (nSPS) is 13.2. The zero-order valence-electron chi connectivity index (χ0n) is 19.0. The highest BCUT2D eigenvalue weighted by molar-refractivity contribution is 7.92. The van der Waals surface area contributed by atoms with E-state index in [9.17, 15) is 13.2 Å². The molecular weight excluding hydrogens is 416 g/mol. The van der Waals surface area contributed by atoms with Gasteiger partial charge in [0.2, 0.25) is 15.9 Å². The molecule has 8 heteroatoms. The summed E-state index contributed by atoms with van der Waals surface area (Å²) in [5, 5.41) is 3.02. The molecule has 2 aromatic rings. The van der Waals surface area contributed by atoms with Crippen molar-refractivity contribution in [2.24, 2.45) is 0 Å². The minimum absolute atomic E-state index is 0.305. The van der Waals surface area contributed by atoms with Crippen LogP contribution in [0.25, 0.3) is 0 Å². The third-order valence-corrected chi connectivity index (χ3v) is 6.30. The molecule has 0 aliphatic rings. The molecule has 0 heterocycles. The zero-order valence-corrected chi connectivity index (χ0v) is 19.8. The minimum Gasteiger partial charge on any atom is -0.493 e. The Morgan fingerprint density at radius 3 is 2.23 bits per heavy atom. The molecule has 2 atom stereocenters. The number of carbonyl (C=O) groups is 1. The minimum atomic E-state index is -3.68. The largest absolute Gasteiger partial charge is 0.493 e. The Hall–Kier alpha value is -2.74. The summed E-state index contributed by atoms with van der Waals surface area (Å²) in [6.07, 6.45) is 2.08. The number of sulfonamides is 1. The molecule has 2 aromatic carbocycles. The molecule has 1 N–H and O–H groups in total. The van der Waals surface area contributed by atoms with Crippen molar-refractivity contribution in [2.75, 3.05) is 24.8 Å². The van der Waals surface area contributed by atoms with Crippen LogP contribution in [0, 0.1) is 6.92 Å². The van der Waals surface area contributed by atoms with E-state index >= 15 is 0 Å². The standard InChI is InChI=1S/C23H32N2O5S/c1-7-19(17-12-13-21(29-4)22(15-17)30-5)24-23(26)20(8-2)25(31(6,27)28)18-11-9-10-16(3)14-18/h9-15,19-20H,7-8H2,1-6H3,(H,24,26)/t19-,20-/m1/s1. The number of benzene rings is 2. The molecular formula is C23H32N2O5S. The van der Waals surface area contributed by atoms with Crippen LogP contribution < -0.4 is 19.1 Å².